The molecule has 1 heterocycles. The van der Waals surface area contributed by atoms with Crippen LogP contribution >= 0.6 is 11.3 Å². The second kappa shape index (κ2) is 4.62. The Morgan fingerprint density at radius 2 is 2.33 bits per heavy atom. The molecule has 1 aliphatic carbocycles. The summed E-state index contributed by atoms with van der Waals surface area (Å²) in [6.07, 6.45) is 6.83. The van der Waals surface area contributed by atoms with Crippen LogP contribution in [-0.4, -0.2) is 11.1 Å². The van der Waals surface area contributed by atoms with E-state index in [0.717, 1.165) is 0 Å². The van der Waals surface area contributed by atoms with Gasteiger partial charge in [-0.25, -0.2) is 0 Å². The summed E-state index contributed by atoms with van der Waals surface area (Å²) in [4.78, 5) is 12.9. The van der Waals surface area contributed by atoms with Crippen LogP contribution in [-0.2, 0) is 11.2 Å². The lowest BCUT2D eigenvalue weighted by molar-refractivity contribution is -0.136. The quantitative estimate of drug-likeness (QED) is 0.848. The first-order chi connectivity index (χ1) is 7.25. The van der Waals surface area contributed by atoms with Crippen molar-refractivity contribution in [3.8, 4) is 0 Å². The van der Waals surface area contributed by atoms with Crippen LogP contribution in [0.1, 0.15) is 35.4 Å². The minimum atomic E-state index is -0.718. The number of rotatable bonds is 4. The van der Waals surface area contributed by atoms with Gasteiger partial charge in [-0.05, 0) is 43.4 Å². The zero-order chi connectivity index (χ0) is 10.7. The minimum Gasteiger partial charge on any atom is -0.481 e. The topological polar surface area (TPSA) is 37.3 Å². The molecule has 0 atom stereocenters. The van der Waals surface area contributed by atoms with Gasteiger partial charge >= 0.3 is 5.97 Å². The maximum atomic E-state index is 10.4. The highest BCUT2D eigenvalue weighted by atomic mass is 32.1. The Morgan fingerprint density at radius 1 is 1.47 bits per heavy atom. The number of aryl methyl sites for hydroxylation is 1. The van der Waals surface area contributed by atoms with E-state index < -0.39 is 5.97 Å². The summed E-state index contributed by atoms with van der Waals surface area (Å²) in [6.45, 7) is 0. The Kier molecular flexibility index (Phi) is 3.21. The third-order valence-corrected chi connectivity index (χ3v) is 3.82. The van der Waals surface area contributed by atoms with Crippen LogP contribution < -0.4 is 0 Å². The highest BCUT2D eigenvalue weighted by molar-refractivity contribution is 7.13. The van der Waals surface area contributed by atoms with Crippen molar-refractivity contribution in [3.05, 3.63) is 28.0 Å². The molecule has 3 heteroatoms. The van der Waals surface area contributed by atoms with Gasteiger partial charge in [-0.15, -0.1) is 11.3 Å². The largest absolute Gasteiger partial charge is 0.481 e. The van der Waals surface area contributed by atoms with E-state index in [0.29, 0.717) is 6.42 Å². The normalized spacial score (nSPS) is 15.3. The number of thiophene rings is 1. The summed E-state index contributed by atoms with van der Waals surface area (Å²) < 4.78 is 0. The molecule has 1 N–H and O–H groups in total. The van der Waals surface area contributed by atoms with E-state index in [4.69, 9.17) is 5.11 Å². The molecular formula is C12H14O2S. The second-order valence-corrected chi connectivity index (χ2v) is 4.95. The summed E-state index contributed by atoms with van der Waals surface area (Å²) in [5.41, 5.74) is 1.45. The zero-order valence-electron chi connectivity index (χ0n) is 8.53. The molecule has 80 valence electrons. The summed E-state index contributed by atoms with van der Waals surface area (Å²) in [7, 11) is 0. The number of carboxylic acid groups (broad SMARTS) is 1. The fraction of sp³-hybridized carbons (Fsp3) is 0.417. The van der Waals surface area contributed by atoms with Gasteiger partial charge in [-0.1, -0.05) is 6.08 Å². The average molecular weight is 222 g/mol. The van der Waals surface area contributed by atoms with E-state index >= 15 is 0 Å². The number of hydrogen-bond acceptors (Lipinski definition) is 2. The lowest BCUT2D eigenvalue weighted by Gasteiger charge is -1.95. The van der Waals surface area contributed by atoms with E-state index in [1.54, 1.807) is 11.3 Å². The van der Waals surface area contributed by atoms with Crippen molar-refractivity contribution in [1.82, 2.24) is 0 Å². The van der Waals surface area contributed by atoms with Crippen molar-refractivity contribution in [3.63, 3.8) is 0 Å². The fourth-order valence-corrected chi connectivity index (χ4v) is 2.88. The monoisotopic (exact) mass is 222 g/mol. The summed E-state index contributed by atoms with van der Waals surface area (Å²) >= 11 is 1.74. The lowest BCUT2D eigenvalue weighted by Crippen LogP contribution is -1.95. The second-order valence-electron chi connectivity index (χ2n) is 3.78. The predicted molar refractivity (Wildman–Crippen MR) is 62.1 cm³/mol. The summed E-state index contributed by atoms with van der Waals surface area (Å²) in [5.74, 6) is -0.718. The Hall–Kier alpha value is -1.09. The van der Waals surface area contributed by atoms with E-state index in [2.05, 4.69) is 18.2 Å². The number of allylic oxidation sites excluding steroid dienone is 2. The van der Waals surface area contributed by atoms with Crippen molar-refractivity contribution in [2.24, 2.45) is 0 Å². The smallest absolute Gasteiger partial charge is 0.303 e. The van der Waals surface area contributed by atoms with Gasteiger partial charge in [0.25, 0.3) is 0 Å². The first-order valence-corrected chi connectivity index (χ1v) is 6.07. The van der Waals surface area contributed by atoms with Gasteiger partial charge in [-0.2, -0.15) is 0 Å². The molecule has 0 radical (unpaired) electrons. The zero-order valence-corrected chi connectivity index (χ0v) is 9.35. The van der Waals surface area contributed by atoms with Gasteiger partial charge in [-0.3, -0.25) is 4.79 Å². The van der Waals surface area contributed by atoms with Crippen molar-refractivity contribution in [1.29, 1.82) is 0 Å². The third-order valence-electron chi connectivity index (χ3n) is 2.60. The van der Waals surface area contributed by atoms with E-state index in [1.807, 2.05) is 0 Å². The predicted octanol–water partition coefficient (Wildman–Crippen LogP) is 3.33. The molecule has 0 spiro atoms. The number of carbonyl (C=O) groups is 1. The van der Waals surface area contributed by atoms with Crippen molar-refractivity contribution in [2.45, 2.75) is 32.1 Å². The maximum Gasteiger partial charge on any atom is 0.303 e. The Balaban J connectivity index is 2.00. The fourth-order valence-electron chi connectivity index (χ4n) is 1.81. The summed E-state index contributed by atoms with van der Waals surface area (Å²) in [5, 5.41) is 8.59. The molecule has 1 aliphatic rings. The van der Waals surface area contributed by atoms with Crippen molar-refractivity contribution >= 4 is 22.9 Å². The molecular weight excluding hydrogens is 208 g/mol. The van der Waals surface area contributed by atoms with Gasteiger partial charge in [0.1, 0.15) is 0 Å². The Morgan fingerprint density at radius 3 is 3.00 bits per heavy atom. The van der Waals surface area contributed by atoms with Crippen LogP contribution in [0.2, 0.25) is 0 Å². The van der Waals surface area contributed by atoms with Crippen molar-refractivity contribution < 1.29 is 9.90 Å². The van der Waals surface area contributed by atoms with Gasteiger partial charge < -0.3 is 5.11 Å². The molecule has 0 unspecified atom stereocenters. The van der Waals surface area contributed by atoms with E-state index in [-0.39, 0.29) is 6.42 Å². The van der Waals surface area contributed by atoms with Crippen molar-refractivity contribution in [2.75, 3.05) is 0 Å². The van der Waals surface area contributed by atoms with Crippen LogP contribution in [0.5, 0.6) is 0 Å². The Labute approximate surface area is 93.3 Å². The standard InChI is InChI=1S/C12H14O2S/c13-12(14)8-6-10-5-7-11(15-10)9-3-1-2-4-9/h3,5,7H,1-2,4,6,8H2,(H,13,14). The van der Waals surface area contributed by atoms with E-state index in [9.17, 15) is 4.79 Å². The van der Waals surface area contributed by atoms with E-state index in [1.165, 1.54) is 34.6 Å². The van der Waals surface area contributed by atoms with Crippen LogP contribution in [0.3, 0.4) is 0 Å². The maximum absolute atomic E-state index is 10.4. The van der Waals surface area contributed by atoms with Gasteiger partial charge in [0.05, 0.1) is 6.42 Å². The molecule has 2 rings (SSSR count). The number of carboxylic acids is 1. The van der Waals surface area contributed by atoms with Crippen LogP contribution in [0.25, 0.3) is 5.57 Å². The number of aliphatic carboxylic acids is 1. The third kappa shape index (κ3) is 2.69. The molecule has 0 amide bonds. The van der Waals surface area contributed by atoms with Crippen LogP contribution in [0.15, 0.2) is 18.2 Å². The molecule has 0 bridgehead atoms. The SMILES string of the molecule is O=C(O)CCc1ccc(C2=CCCC2)s1. The highest BCUT2D eigenvalue weighted by Crippen LogP contribution is 2.32. The highest BCUT2D eigenvalue weighted by Gasteiger charge is 2.10. The molecule has 0 aliphatic heterocycles. The molecule has 0 fully saturated rings. The summed E-state index contributed by atoms with van der Waals surface area (Å²) in [6, 6.07) is 4.18. The molecule has 1 aromatic rings. The van der Waals surface area contributed by atoms with Gasteiger partial charge in [0.15, 0.2) is 0 Å². The first kappa shape index (κ1) is 10.4. The van der Waals surface area contributed by atoms with Gasteiger partial charge in [0.2, 0.25) is 0 Å². The van der Waals surface area contributed by atoms with Crippen LogP contribution in [0.4, 0.5) is 0 Å². The molecule has 0 saturated carbocycles. The molecule has 1 aromatic heterocycles. The molecule has 0 saturated heterocycles. The van der Waals surface area contributed by atoms with Crippen LogP contribution in [0, 0.1) is 0 Å². The molecule has 0 aromatic carbocycles. The number of hydrogen-bond donors (Lipinski definition) is 1. The lowest BCUT2D eigenvalue weighted by atomic mass is 10.2. The Bertz CT molecular complexity index is 390. The average Bonchev–Trinajstić information content (AvgIpc) is 2.85. The molecule has 15 heavy (non-hydrogen) atoms. The molecule has 2 nitrogen and oxygen atoms in total. The first-order valence-electron chi connectivity index (χ1n) is 5.25. The van der Waals surface area contributed by atoms with Gasteiger partial charge in [0, 0.05) is 9.75 Å². The minimum absolute atomic E-state index is 0.235.